The van der Waals surface area contributed by atoms with E-state index in [1.807, 2.05) is 56.3 Å². The van der Waals surface area contributed by atoms with Crippen molar-refractivity contribution >= 4 is 20.8 Å². The average Bonchev–Trinajstić information content (AvgIpc) is 2.50. The van der Waals surface area contributed by atoms with Gasteiger partial charge in [0.1, 0.15) is 0 Å². The second-order valence-corrected chi connectivity index (χ2v) is 7.89. The summed E-state index contributed by atoms with van der Waals surface area (Å²) in [6.07, 6.45) is 0.643. The number of fused-ring (bicyclic) bond motifs is 1. The van der Waals surface area contributed by atoms with Crippen molar-refractivity contribution in [2.45, 2.75) is 26.3 Å². The highest BCUT2D eigenvalue weighted by atomic mass is 32.2. The quantitative estimate of drug-likeness (QED) is 0.824. The molecule has 0 bridgehead atoms. The van der Waals surface area contributed by atoms with Crippen molar-refractivity contribution in [2.75, 3.05) is 12.3 Å². The predicted octanol–water partition coefficient (Wildman–Crippen LogP) is 2.81. The molecule has 0 saturated carbocycles. The molecule has 120 valence electrons. The van der Waals surface area contributed by atoms with Crippen LogP contribution in [0.2, 0.25) is 0 Å². The molecule has 0 radical (unpaired) electrons. The molecule has 0 aliphatic rings. The first-order valence-electron chi connectivity index (χ1n) is 7.60. The van der Waals surface area contributed by atoms with Crippen molar-refractivity contribution in [3.05, 3.63) is 48.0 Å². The zero-order chi connectivity index (χ0) is 16.2. The number of hydrogen-bond acceptors (Lipinski definition) is 3. The van der Waals surface area contributed by atoms with Crippen LogP contribution in [0.25, 0.3) is 10.8 Å². The van der Waals surface area contributed by atoms with E-state index in [-0.39, 0.29) is 18.3 Å². The lowest BCUT2D eigenvalue weighted by Gasteiger charge is -2.18. The molecule has 4 nitrogen and oxygen atoms in total. The Morgan fingerprint density at radius 2 is 1.77 bits per heavy atom. The zero-order valence-electron chi connectivity index (χ0n) is 13.1. The van der Waals surface area contributed by atoms with Crippen LogP contribution in [0.1, 0.15) is 31.9 Å². The van der Waals surface area contributed by atoms with Gasteiger partial charge >= 0.3 is 0 Å². The minimum absolute atomic E-state index is 0.134. The highest BCUT2D eigenvalue weighted by Crippen LogP contribution is 2.20. The molecule has 2 aromatic carbocycles. The summed E-state index contributed by atoms with van der Waals surface area (Å²) in [4.78, 5) is 0. The first-order valence-corrected chi connectivity index (χ1v) is 9.25. The molecule has 0 heterocycles. The third-order valence-corrected chi connectivity index (χ3v) is 5.11. The summed E-state index contributed by atoms with van der Waals surface area (Å²) in [6, 6.07) is 13.5. The van der Waals surface area contributed by atoms with Crippen molar-refractivity contribution in [2.24, 2.45) is 11.7 Å². The number of nitrogens with one attached hydrogen (secondary N) is 1. The van der Waals surface area contributed by atoms with Gasteiger partial charge in [0.2, 0.25) is 10.0 Å². The number of rotatable bonds is 7. The van der Waals surface area contributed by atoms with E-state index in [9.17, 15) is 8.42 Å². The van der Waals surface area contributed by atoms with Gasteiger partial charge in [0.05, 0.1) is 11.8 Å². The van der Waals surface area contributed by atoms with Gasteiger partial charge in [-0.25, -0.2) is 13.1 Å². The molecule has 3 N–H and O–H groups in total. The van der Waals surface area contributed by atoms with Gasteiger partial charge in [-0.15, -0.1) is 0 Å². The van der Waals surface area contributed by atoms with E-state index in [1.165, 1.54) is 0 Å². The highest BCUT2D eigenvalue weighted by Gasteiger charge is 2.18. The third-order valence-electron chi connectivity index (χ3n) is 3.70. The van der Waals surface area contributed by atoms with Crippen LogP contribution in [0, 0.1) is 5.92 Å². The smallest absolute Gasteiger partial charge is 0.212 e. The van der Waals surface area contributed by atoms with Gasteiger partial charge in [-0.3, -0.25) is 0 Å². The van der Waals surface area contributed by atoms with E-state index in [4.69, 9.17) is 5.73 Å². The van der Waals surface area contributed by atoms with Crippen molar-refractivity contribution in [1.29, 1.82) is 0 Å². The predicted molar refractivity (Wildman–Crippen MR) is 92.1 cm³/mol. The van der Waals surface area contributed by atoms with Crippen LogP contribution < -0.4 is 10.5 Å². The SMILES string of the molecule is CC(C)CCS(=O)(=O)NC(CN)c1ccc2ccccc2c1. The van der Waals surface area contributed by atoms with E-state index in [0.29, 0.717) is 12.3 Å². The fraction of sp³-hybridized carbons (Fsp3) is 0.412. The molecule has 0 aliphatic heterocycles. The second-order valence-electron chi connectivity index (χ2n) is 6.01. The van der Waals surface area contributed by atoms with Crippen LogP contribution in [0.4, 0.5) is 0 Å². The topological polar surface area (TPSA) is 72.2 Å². The van der Waals surface area contributed by atoms with E-state index in [2.05, 4.69) is 4.72 Å². The van der Waals surface area contributed by atoms with Gasteiger partial charge in [0, 0.05) is 6.54 Å². The average molecular weight is 320 g/mol. The van der Waals surface area contributed by atoms with Gasteiger partial charge in [-0.1, -0.05) is 50.2 Å². The monoisotopic (exact) mass is 320 g/mol. The van der Waals surface area contributed by atoms with Gasteiger partial charge in [0.25, 0.3) is 0 Å². The molecule has 5 heteroatoms. The van der Waals surface area contributed by atoms with Crippen LogP contribution in [-0.4, -0.2) is 20.7 Å². The van der Waals surface area contributed by atoms with Crippen molar-refractivity contribution in [3.8, 4) is 0 Å². The van der Waals surface area contributed by atoms with E-state index < -0.39 is 10.0 Å². The maximum absolute atomic E-state index is 12.2. The Morgan fingerprint density at radius 1 is 1.09 bits per heavy atom. The van der Waals surface area contributed by atoms with Crippen molar-refractivity contribution < 1.29 is 8.42 Å². The first-order chi connectivity index (χ1) is 10.4. The summed E-state index contributed by atoms with van der Waals surface area (Å²) < 4.78 is 27.1. The molecule has 0 saturated heterocycles. The molecule has 2 rings (SSSR count). The fourth-order valence-electron chi connectivity index (χ4n) is 2.34. The maximum Gasteiger partial charge on any atom is 0.212 e. The van der Waals surface area contributed by atoms with Crippen LogP contribution in [0.15, 0.2) is 42.5 Å². The Hall–Kier alpha value is -1.43. The highest BCUT2D eigenvalue weighted by molar-refractivity contribution is 7.89. The number of nitrogens with two attached hydrogens (primary N) is 1. The van der Waals surface area contributed by atoms with Gasteiger partial charge in [-0.05, 0) is 34.7 Å². The summed E-state index contributed by atoms with van der Waals surface area (Å²) in [5, 5.41) is 2.21. The Balaban J connectivity index is 2.19. The summed E-state index contributed by atoms with van der Waals surface area (Å²) >= 11 is 0. The molecule has 0 amide bonds. The van der Waals surface area contributed by atoms with Crippen LogP contribution in [0.3, 0.4) is 0 Å². The molecule has 22 heavy (non-hydrogen) atoms. The Kier molecular flexibility index (Phi) is 5.56. The van der Waals surface area contributed by atoms with Gasteiger partial charge in [0.15, 0.2) is 0 Å². The lowest BCUT2D eigenvalue weighted by atomic mass is 10.0. The van der Waals surface area contributed by atoms with E-state index >= 15 is 0 Å². The zero-order valence-corrected chi connectivity index (χ0v) is 13.9. The van der Waals surface area contributed by atoms with Crippen molar-refractivity contribution in [1.82, 2.24) is 4.72 Å². The lowest BCUT2D eigenvalue weighted by molar-refractivity contribution is 0.544. The molecule has 0 aliphatic carbocycles. The second kappa shape index (κ2) is 7.22. The summed E-state index contributed by atoms with van der Waals surface area (Å²) in [5.41, 5.74) is 6.68. The number of hydrogen-bond donors (Lipinski definition) is 2. The summed E-state index contributed by atoms with van der Waals surface area (Å²) in [6.45, 7) is 4.26. The molecule has 2 aromatic rings. The standard InChI is InChI=1S/C17H24N2O2S/c1-13(2)9-10-22(20,21)19-17(12-18)16-8-7-14-5-3-4-6-15(14)11-16/h3-8,11,13,17,19H,9-10,12,18H2,1-2H3. The Labute approximate surface area is 132 Å². The summed E-state index contributed by atoms with van der Waals surface area (Å²) in [5.74, 6) is 0.489. The molecule has 0 fully saturated rings. The van der Waals surface area contributed by atoms with Crippen LogP contribution >= 0.6 is 0 Å². The van der Waals surface area contributed by atoms with Gasteiger partial charge < -0.3 is 5.73 Å². The molecule has 0 spiro atoms. The number of benzene rings is 2. The molecular weight excluding hydrogens is 296 g/mol. The van der Waals surface area contributed by atoms with Crippen LogP contribution in [0.5, 0.6) is 0 Å². The van der Waals surface area contributed by atoms with Gasteiger partial charge in [-0.2, -0.15) is 0 Å². The third kappa shape index (κ3) is 4.53. The fourth-order valence-corrected chi connectivity index (χ4v) is 3.91. The van der Waals surface area contributed by atoms with Crippen LogP contribution in [-0.2, 0) is 10.0 Å². The minimum Gasteiger partial charge on any atom is -0.329 e. The maximum atomic E-state index is 12.2. The normalized spacial score (nSPS) is 13.6. The minimum atomic E-state index is -3.32. The summed E-state index contributed by atoms with van der Waals surface area (Å²) in [7, 11) is -3.32. The molecule has 1 unspecified atom stereocenters. The molecule has 0 aromatic heterocycles. The molecular formula is C17H24N2O2S. The number of sulfonamides is 1. The Morgan fingerprint density at radius 3 is 2.41 bits per heavy atom. The lowest BCUT2D eigenvalue weighted by Crippen LogP contribution is -2.35. The largest absolute Gasteiger partial charge is 0.329 e. The van der Waals surface area contributed by atoms with Crippen molar-refractivity contribution in [3.63, 3.8) is 0 Å². The van der Waals surface area contributed by atoms with E-state index in [1.54, 1.807) is 0 Å². The molecule has 1 atom stereocenters. The van der Waals surface area contributed by atoms with E-state index in [0.717, 1.165) is 16.3 Å². The first kappa shape index (κ1) is 16.9. The Bertz CT molecular complexity index is 726.